The fraction of sp³-hybridized carbons (Fsp3) is 0.200. The third-order valence-electron chi connectivity index (χ3n) is 2.12. The Hall–Kier alpha value is -1.55. The molecule has 78 valence electrons. The van der Waals surface area contributed by atoms with Crippen molar-refractivity contribution >= 4 is 17.3 Å². The molecular formula is C10H11ClN4. The molecule has 0 spiro atoms. The van der Waals surface area contributed by atoms with E-state index in [0.29, 0.717) is 10.7 Å². The summed E-state index contributed by atoms with van der Waals surface area (Å²) in [5, 5.41) is 4.72. The Bertz CT molecular complexity index is 504. The molecule has 1 heterocycles. The molecule has 5 heteroatoms. The number of benzene rings is 1. The highest BCUT2D eigenvalue weighted by molar-refractivity contribution is 6.33. The number of rotatable bonds is 1. The number of anilines is 1. The van der Waals surface area contributed by atoms with Gasteiger partial charge in [-0.15, -0.1) is 0 Å². The van der Waals surface area contributed by atoms with Crippen LogP contribution < -0.4 is 5.73 Å². The Morgan fingerprint density at radius 2 is 2.13 bits per heavy atom. The van der Waals surface area contributed by atoms with E-state index in [-0.39, 0.29) is 0 Å². The summed E-state index contributed by atoms with van der Waals surface area (Å²) in [4.78, 5) is 4.30. The number of halogens is 1. The van der Waals surface area contributed by atoms with Gasteiger partial charge in [0.1, 0.15) is 5.82 Å². The smallest absolute Gasteiger partial charge is 0.158 e. The van der Waals surface area contributed by atoms with Gasteiger partial charge in [0.25, 0.3) is 0 Å². The van der Waals surface area contributed by atoms with Crippen molar-refractivity contribution in [3.63, 3.8) is 0 Å². The van der Waals surface area contributed by atoms with E-state index >= 15 is 0 Å². The Labute approximate surface area is 92.7 Å². The van der Waals surface area contributed by atoms with Crippen LogP contribution in [0.1, 0.15) is 5.82 Å². The van der Waals surface area contributed by atoms with Gasteiger partial charge in [-0.2, -0.15) is 5.10 Å². The van der Waals surface area contributed by atoms with Crippen LogP contribution in [0.3, 0.4) is 0 Å². The van der Waals surface area contributed by atoms with Crippen molar-refractivity contribution in [1.82, 2.24) is 14.8 Å². The highest BCUT2D eigenvalue weighted by atomic mass is 35.5. The first-order valence-corrected chi connectivity index (χ1v) is 4.89. The van der Waals surface area contributed by atoms with Crippen LogP contribution in [-0.2, 0) is 7.05 Å². The zero-order valence-corrected chi connectivity index (χ0v) is 9.28. The van der Waals surface area contributed by atoms with E-state index in [0.717, 1.165) is 17.2 Å². The topological polar surface area (TPSA) is 56.7 Å². The van der Waals surface area contributed by atoms with Gasteiger partial charge in [-0.25, -0.2) is 9.67 Å². The van der Waals surface area contributed by atoms with Gasteiger partial charge in [0.05, 0.1) is 10.7 Å². The van der Waals surface area contributed by atoms with E-state index in [4.69, 9.17) is 17.3 Å². The minimum Gasteiger partial charge on any atom is -0.398 e. The lowest BCUT2D eigenvalue weighted by Crippen LogP contribution is -1.95. The van der Waals surface area contributed by atoms with Crippen molar-refractivity contribution in [2.75, 3.05) is 5.73 Å². The second kappa shape index (κ2) is 3.55. The van der Waals surface area contributed by atoms with Gasteiger partial charge in [-0.3, -0.25) is 0 Å². The van der Waals surface area contributed by atoms with Crippen molar-refractivity contribution in [3.8, 4) is 11.4 Å². The average Bonchev–Trinajstić information content (AvgIpc) is 2.50. The quantitative estimate of drug-likeness (QED) is 0.752. The predicted molar refractivity (Wildman–Crippen MR) is 60.6 cm³/mol. The van der Waals surface area contributed by atoms with Crippen molar-refractivity contribution in [1.29, 1.82) is 0 Å². The van der Waals surface area contributed by atoms with Crippen molar-refractivity contribution in [2.45, 2.75) is 6.92 Å². The molecule has 0 fully saturated rings. The summed E-state index contributed by atoms with van der Waals surface area (Å²) in [5.41, 5.74) is 7.19. The van der Waals surface area contributed by atoms with E-state index in [9.17, 15) is 0 Å². The lowest BCUT2D eigenvalue weighted by Gasteiger charge is -2.02. The van der Waals surface area contributed by atoms with Gasteiger partial charge in [0, 0.05) is 12.6 Å². The zero-order chi connectivity index (χ0) is 11.0. The van der Waals surface area contributed by atoms with Crippen LogP contribution in [0.15, 0.2) is 18.2 Å². The molecule has 2 aromatic rings. The summed E-state index contributed by atoms with van der Waals surface area (Å²) in [6.45, 7) is 1.85. The molecule has 0 aliphatic carbocycles. The van der Waals surface area contributed by atoms with Gasteiger partial charge in [0.15, 0.2) is 5.82 Å². The first-order valence-electron chi connectivity index (χ1n) is 4.51. The van der Waals surface area contributed by atoms with Gasteiger partial charge >= 0.3 is 0 Å². The van der Waals surface area contributed by atoms with Crippen LogP contribution in [0.2, 0.25) is 5.02 Å². The Morgan fingerprint density at radius 3 is 2.67 bits per heavy atom. The fourth-order valence-electron chi connectivity index (χ4n) is 1.45. The van der Waals surface area contributed by atoms with Gasteiger partial charge in [-0.1, -0.05) is 11.6 Å². The molecule has 2 rings (SSSR count). The summed E-state index contributed by atoms with van der Waals surface area (Å²) < 4.78 is 1.72. The first-order chi connectivity index (χ1) is 7.08. The molecule has 0 bridgehead atoms. The molecule has 0 saturated heterocycles. The number of nitrogens with zero attached hydrogens (tertiary/aromatic N) is 3. The predicted octanol–water partition coefficient (Wildman–Crippen LogP) is 2.03. The summed E-state index contributed by atoms with van der Waals surface area (Å²) in [6, 6.07) is 5.43. The Morgan fingerprint density at radius 1 is 1.40 bits per heavy atom. The highest BCUT2D eigenvalue weighted by Crippen LogP contribution is 2.25. The van der Waals surface area contributed by atoms with Crippen LogP contribution in [0.5, 0.6) is 0 Å². The van der Waals surface area contributed by atoms with Crippen LogP contribution in [0, 0.1) is 6.92 Å². The van der Waals surface area contributed by atoms with Crippen molar-refractivity contribution in [2.24, 2.45) is 7.05 Å². The molecule has 0 aliphatic heterocycles. The van der Waals surface area contributed by atoms with Gasteiger partial charge < -0.3 is 5.73 Å². The Balaban J connectivity index is 2.54. The summed E-state index contributed by atoms with van der Waals surface area (Å²) in [7, 11) is 1.85. The molecule has 1 aromatic heterocycles. The van der Waals surface area contributed by atoms with Crippen LogP contribution in [0.4, 0.5) is 5.69 Å². The first kappa shape index (κ1) is 9.98. The second-order valence-corrected chi connectivity index (χ2v) is 3.75. The maximum Gasteiger partial charge on any atom is 0.158 e. The molecule has 0 unspecified atom stereocenters. The minimum atomic E-state index is 0.551. The molecule has 0 atom stereocenters. The molecule has 0 aliphatic rings. The molecule has 1 aromatic carbocycles. The molecule has 0 saturated carbocycles. The van der Waals surface area contributed by atoms with Crippen LogP contribution in [-0.4, -0.2) is 14.8 Å². The van der Waals surface area contributed by atoms with Crippen molar-refractivity contribution < 1.29 is 0 Å². The maximum absolute atomic E-state index is 5.85. The molecule has 2 N–H and O–H groups in total. The zero-order valence-electron chi connectivity index (χ0n) is 8.53. The SMILES string of the molecule is Cc1nc(-c2ccc(Cl)c(N)c2)n(C)n1. The van der Waals surface area contributed by atoms with Crippen LogP contribution in [0.25, 0.3) is 11.4 Å². The lowest BCUT2D eigenvalue weighted by molar-refractivity contribution is 0.764. The third kappa shape index (κ3) is 1.80. The normalized spacial score (nSPS) is 10.6. The molecule has 0 radical (unpaired) electrons. The third-order valence-corrected chi connectivity index (χ3v) is 2.47. The minimum absolute atomic E-state index is 0.551. The molecule has 0 amide bonds. The van der Waals surface area contributed by atoms with Gasteiger partial charge in [-0.05, 0) is 25.1 Å². The maximum atomic E-state index is 5.85. The Kier molecular flexibility index (Phi) is 2.36. The van der Waals surface area contributed by atoms with E-state index in [1.165, 1.54) is 0 Å². The molecular weight excluding hydrogens is 212 g/mol. The summed E-state index contributed by atoms with van der Waals surface area (Å²) >= 11 is 5.85. The van der Waals surface area contributed by atoms with Gasteiger partial charge in [0.2, 0.25) is 0 Å². The average molecular weight is 223 g/mol. The van der Waals surface area contributed by atoms with E-state index in [2.05, 4.69) is 10.1 Å². The largest absolute Gasteiger partial charge is 0.398 e. The van der Waals surface area contributed by atoms with E-state index in [1.54, 1.807) is 16.8 Å². The molecule has 4 nitrogen and oxygen atoms in total. The number of aromatic nitrogens is 3. The number of aryl methyl sites for hydroxylation is 2. The van der Waals surface area contributed by atoms with E-state index in [1.807, 2.05) is 20.0 Å². The van der Waals surface area contributed by atoms with Crippen LogP contribution >= 0.6 is 11.6 Å². The highest BCUT2D eigenvalue weighted by Gasteiger charge is 2.08. The summed E-state index contributed by atoms with van der Waals surface area (Å²) in [6.07, 6.45) is 0. The monoisotopic (exact) mass is 222 g/mol. The molecule has 15 heavy (non-hydrogen) atoms. The van der Waals surface area contributed by atoms with Crippen molar-refractivity contribution in [3.05, 3.63) is 29.0 Å². The lowest BCUT2D eigenvalue weighted by atomic mass is 10.2. The van der Waals surface area contributed by atoms with E-state index < -0.39 is 0 Å². The standard InChI is InChI=1S/C10H11ClN4/c1-6-13-10(15(2)14-6)7-3-4-8(11)9(12)5-7/h3-5H,12H2,1-2H3. The second-order valence-electron chi connectivity index (χ2n) is 3.34. The number of hydrogen-bond acceptors (Lipinski definition) is 3. The fourth-order valence-corrected chi connectivity index (χ4v) is 1.56. The summed E-state index contributed by atoms with van der Waals surface area (Å²) in [5.74, 6) is 1.52. The number of nitrogens with two attached hydrogens (primary N) is 1. The number of nitrogen functional groups attached to an aromatic ring is 1. The number of hydrogen-bond donors (Lipinski definition) is 1.